The predicted octanol–water partition coefficient (Wildman–Crippen LogP) is 2.91. The number of para-hydroxylation sites is 1. The molecule has 3 nitrogen and oxygen atoms in total. The van der Waals surface area contributed by atoms with Crippen LogP contribution in [0.2, 0.25) is 0 Å². The van der Waals surface area contributed by atoms with Crippen LogP contribution in [-0.2, 0) is 4.79 Å². The zero-order chi connectivity index (χ0) is 13.2. The molecule has 1 aliphatic rings. The fourth-order valence-electron chi connectivity index (χ4n) is 2.10. The number of hydrogen-bond donors (Lipinski definition) is 1. The number of nitrogens with one attached hydrogen (secondary N) is 1. The standard InChI is InChI=1S/C16H11NO2/c18-15(11-6-2-1-3-7-11)10-13-12-8-4-5-9-14(12)17-16(13)19/h1-10H,(H,17,19)/b13-10-. The molecule has 0 bridgehead atoms. The largest absolute Gasteiger partial charge is 0.321 e. The van der Waals surface area contributed by atoms with Gasteiger partial charge in [-0.25, -0.2) is 0 Å². The molecule has 0 unspecified atom stereocenters. The molecule has 0 spiro atoms. The average Bonchev–Trinajstić information content (AvgIpc) is 2.76. The number of anilines is 1. The fourth-order valence-corrected chi connectivity index (χ4v) is 2.10. The van der Waals surface area contributed by atoms with Gasteiger partial charge in [-0.3, -0.25) is 9.59 Å². The SMILES string of the molecule is O=C1Nc2ccccc2/C1=C/C(=O)c1ccccc1. The zero-order valence-electron chi connectivity index (χ0n) is 10.1. The van der Waals surface area contributed by atoms with E-state index in [-0.39, 0.29) is 11.7 Å². The van der Waals surface area contributed by atoms with E-state index in [9.17, 15) is 9.59 Å². The summed E-state index contributed by atoms with van der Waals surface area (Å²) >= 11 is 0. The van der Waals surface area contributed by atoms with Gasteiger partial charge in [0, 0.05) is 16.8 Å². The van der Waals surface area contributed by atoms with E-state index in [0.29, 0.717) is 11.1 Å². The Kier molecular flexibility index (Phi) is 2.72. The summed E-state index contributed by atoms with van der Waals surface area (Å²) in [6, 6.07) is 16.3. The number of fused-ring (bicyclic) bond motifs is 1. The lowest BCUT2D eigenvalue weighted by atomic mass is 10.0. The number of ketones is 1. The molecule has 19 heavy (non-hydrogen) atoms. The summed E-state index contributed by atoms with van der Waals surface area (Å²) in [5.74, 6) is -0.395. The van der Waals surface area contributed by atoms with Gasteiger partial charge in [-0.15, -0.1) is 0 Å². The maximum atomic E-state index is 12.1. The molecule has 1 amide bonds. The summed E-state index contributed by atoms with van der Waals surface area (Å²) in [7, 11) is 0. The smallest absolute Gasteiger partial charge is 0.256 e. The van der Waals surface area contributed by atoms with Crippen molar-refractivity contribution in [3.05, 3.63) is 71.8 Å². The molecule has 0 saturated carbocycles. The molecule has 1 heterocycles. The zero-order valence-corrected chi connectivity index (χ0v) is 10.1. The number of benzene rings is 2. The molecule has 2 aromatic carbocycles. The van der Waals surface area contributed by atoms with Crippen molar-refractivity contribution in [1.82, 2.24) is 0 Å². The van der Waals surface area contributed by atoms with E-state index in [2.05, 4.69) is 5.32 Å². The minimum absolute atomic E-state index is 0.164. The number of carbonyl (C=O) groups is 2. The lowest BCUT2D eigenvalue weighted by Gasteiger charge is -1.98. The van der Waals surface area contributed by atoms with Gasteiger partial charge in [0.1, 0.15) is 0 Å². The van der Waals surface area contributed by atoms with Crippen molar-refractivity contribution in [3.8, 4) is 0 Å². The number of amides is 1. The molecule has 1 aliphatic heterocycles. The third kappa shape index (κ3) is 2.06. The first-order valence-electron chi connectivity index (χ1n) is 5.97. The molecular weight excluding hydrogens is 238 g/mol. The summed E-state index contributed by atoms with van der Waals surface area (Å²) < 4.78 is 0. The number of carbonyl (C=O) groups excluding carboxylic acids is 2. The highest BCUT2D eigenvalue weighted by atomic mass is 16.2. The Balaban J connectivity index is 2.01. The van der Waals surface area contributed by atoms with Crippen molar-refractivity contribution in [2.45, 2.75) is 0 Å². The van der Waals surface area contributed by atoms with Crippen LogP contribution in [0.4, 0.5) is 5.69 Å². The normalized spacial score (nSPS) is 15.2. The summed E-state index contributed by atoms with van der Waals surface area (Å²) in [4.78, 5) is 24.0. The van der Waals surface area contributed by atoms with Gasteiger partial charge in [0.25, 0.3) is 5.91 Å². The Bertz CT molecular complexity index is 687. The van der Waals surface area contributed by atoms with E-state index in [1.54, 1.807) is 24.3 Å². The van der Waals surface area contributed by atoms with Crippen molar-refractivity contribution in [2.24, 2.45) is 0 Å². The highest BCUT2D eigenvalue weighted by Crippen LogP contribution is 2.31. The minimum atomic E-state index is -0.231. The molecule has 0 saturated heterocycles. The lowest BCUT2D eigenvalue weighted by Crippen LogP contribution is -2.05. The van der Waals surface area contributed by atoms with Crippen molar-refractivity contribution >= 4 is 23.0 Å². The summed E-state index contributed by atoms with van der Waals surface area (Å²) in [6.07, 6.45) is 1.40. The lowest BCUT2D eigenvalue weighted by molar-refractivity contribution is -0.110. The Labute approximate surface area is 110 Å². The third-order valence-corrected chi connectivity index (χ3v) is 3.04. The highest BCUT2D eigenvalue weighted by molar-refractivity contribution is 6.35. The van der Waals surface area contributed by atoms with Gasteiger partial charge in [0.2, 0.25) is 0 Å². The molecule has 3 rings (SSSR count). The van der Waals surface area contributed by atoms with E-state index in [1.807, 2.05) is 30.3 Å². The van der Waals surface area contributed by atoms with Crippen LogP contribution >= 0.6 is 0 Å². The highest BCUT2D eigenvalue weighted by Gasteiger charge is 2.24. The van der Waals surface area contributed by atoms with Crippen LogP contribution in [0.15, 0.2) is 60.7 Å². The van der Waals surface area contributed by atoms with Gasteiger partial charge in [-0.1, -0.05) is 48.5 Å². The minimum Gasteiger partial charge on any atom is -0.321 e. The molecule has 0 aromatic heterocycles. The van der Waals surface area contributed by atoms with Gasteiger partial charge in [0.15, 0.2) is 5.78 Å². The van der Waals surface area contributed by atoms with Gasteiger partial charge in [-0.2, -0.15) is 0 Å². The molecule has 2 aromatic rings. The second kappa shape index (κ2) is 4.53. The average molecular weight is 249 g/mol. The number of allylic oxidation sites excluding steroid dienone is 1. The van der Waals surface area contributed by atoms with Crippen molar-refractivity contribution in [3.63, 3.8) is 0 Å². The molecule has 0 fully saturated rings. The van der Waals surface area contributed by atoms with Crippen LogP contribution in [-0.4, -0.2) is 11.7 Å². The molecule has 1 N–H and O–H groups in total. The maximum absolute atomic E-state index is 12.1. The van der Waals surface area contributed by atoms with Crippen LogP contribution in [0.25, 0.3) is 5.57 Å². The summed E-state index contributed by atoms with van der Waals surface area (Å²) in [5, 5.41) is 2.74. The van der Waals surface area contributed by atoms with E-state index in [4.69, 9.17) is 0 Å². The van der Waals surface area contributed by atoms with Crippen molar-refractivity contribution in [1.29, 1.82) is 0 Å². The van der Waals surface area contributed by atoms with Crippen LogP contribution in [0.1, 0.15) is 15.9 Å². The summed E-state index contributed by atoms with van der Waals surface area (Å²) in [5.41, 5.74) is 2.52. The molecular formula is C16H11NO2. The van der Waals surface area contributed by atoms with Gasteiger partial charge in [-0.05, 0) is 12.1 Å². The molecule has 3 heteroatoms. The predicted molar refractivity (Wildman–Crippen MR) is 73.8 cm³/mol. The quantitative estimate of drug-likeness (QED) is 0.657. The Morgan fingerprint density at radius 3 is 2.42 bits per heavy atom. The van der Waals surface area contributed by atoms with E-state index in [1.165, 1.54) is 6.08 Å². The van der Waals surface area contributed by atoms with Crippen LogP contribution in [0, 0.1) is 0 Å². The first-order valence-corrected chi connectivity index (χ1v) is 5.97. The Hall–Kier alpha value is -2.68. The van der Waals surface area contributed by atoms with E-state index < -0.39 is 0 Å². The van der Waals surface area contributed by atoms with Gasteiger partial charge < -0.3 is 5.32 Å². The molecule has 0 radical (unpaired) electrons. The van der Waals surface area contributed by atoms with E-state index >= 15 is 0 Å². The van der Waals surface area contributed by atoms with Gasteiger partial charge in [0.05, 0.1) is 5.57 Å². The van der Waals surface area contributed by atoms with Crippen LogP contribution in [0.3, 0.4) is 0 Å². The second-order valence-electron chi connectivity index (χ2n) is 4.29. The van der Waals surface area contributed by atoms with Crippen molar-refractivity contribution < 1.29 is 9.59 Å². The maximum Gasteiger partial charge on any atom is 0.256 e. The number of hydrogen-bond acceptors (Lipinski definition) is 2. The molecule has 0 atom stereocenters. The van der Waals surface area contributed by atoms with Gasteiger partial charge >= 0.3 is 0 Å². The first kappa shape index (κ1) is 11.4. The monoisotopic (exact) mass is 249 g/mol. The molecule has 0 aliphatic carbocycles. The topological polar surface area (TPSA) is 46.2 Å². The number of rotatable bonds is 2. The third-order valence-electron chi connectivity index (χ3n) is 3.04. The van der Waals surface area contributed by atoms with Crippen molar-refractivity contribution in [2.75, 3.05) is 5.32 Å². The Morgan fingerprint density at radius 1 is 0.947 bits per heavy atom. The summed E-state index contributed by atoms with van der Waals surface area (Å²) in [6.45, 7) is 0. The fraction of sp³-hybridized carbons (Fsp3) is 0. The van der Waals surface area contributed by atoms with Crippen LogP contribution < -0.4 is 5.32 Å². The molecule has 92 valence electrons. The van der Waals surface area contributed by atoms with E-state index in [0.717, 1.165) is 11.3 Å². The van der Waals surface area contributed by atoms with Crippen LogP contribution in [0.5, 0.6) is 0 Å². The first-order chi connectivity index (χ1) is 9.25. The second-order valence-corrected chi connectivity index (χ2v) is 4.29. The Morgan fingerprint density at radius 2 is 1.63 bits per heavy atom.